The Morgan fingerprint density at radius 3 is 1.34 bits per heavy atom. The van der Waals surface area contributed by atoms with Crippen LogP contribution in [-0.2, 0) is 9.53 Å². The van der Waals surface area contributed by atoms with Crippen molar-refractivity contribution in [1.82, 2.24) is 0 Å². The van der Waals surface area contributed by atoms with Crippen LogP contribution in [0.3, 0.4) is 0 Å². The molecule has 0 aliphatic rings. The molecule has 0 aromatic heterocycles. The van der Waals surface area contributed by atoms with Gasteiger partial charge in [-0.25, -0.2) is 0 Å². The van der Waals surface area contributed by atoms with Gasteiger partial charge in [-0.15, -0.1) is 0 Å². The van der Waals surface area contributed by atoms with Gasteiger partial charge in [-0.05, 0) is 77.6 Å². The molecule has 0 radical (unpaired) electrons. The standard InChI is InChI=1S/C27H44O2/c1-7-8-9-10-11-12-13-14-15-16-17-18-19-20-21-22-23-24-26(2,3)27(4,5)25(28)29-6/h7-8,11-12,15-16,19-20,23-24H,9-10,13-14,17-18,21-22H2,1-6H3. The number of esters is 1. The molecule has 0 heterocycles. The number of unbranched alkanes of at least 4 members (excludes halogenated alkanes) is 4. The van der Waals surface area contributed by atoms with E-state index in [2.05, 4.69) is 81.5 Å². The number of hydrogen-bond acceptors (Lipinski definition) is 2. The summed E-state index contributed by atoms with van der Waals surface area (Å²) in [6.07, 6.45) is 31.1. The van der Waals surface area contributed by atoms with E-state index in [0.717, 1.165) is 51.4 Å². The second-order valence-corrected chi connectivity index (χ2v) is 8.53. The van der Waals surface area contributed by atoms with Crippen LogP contribution in [0.15, 0.2) is 60.8 Å². The fourth-order valence-corrected chi connectivity index (χ4v) is 2.75. The van der Waals surface area contributed by atoms with Crippen molar-refractivity contribution in [2.24, 2.45) is 10.8 Å². The van der Waals surface area contributed by atoms with Gasteiger partial charge in [-0.1, -0.05) is 74.6 Å². The van der Waals surface area contributed by atoms with E-state index in [1.807, 2.05) is 13.8 Å². The number of hydrogen-bond donors (Lipinski definition) is 0. The zero-order chi connectivity index (χ0) is 22.0. The minimum atomic E-state index is -0.539. The summed E-state index contributed by atoms with van der Waals surface area (Å²) >= 11 is 0. The SMILES string of the molecule is CC=CCCC=CCCC=CCCC=CCCC=CC(C)(C)C(C)(C)C(=O)OC. The van der Waals surface area contributed by atoms with Gasteiger partial charge in [0.05, 0.1) is 12.5 Å². The van der Waals surface area contributed by atoms with E-state index in [9.17, 15) is 4.79 Å². The molecule has 0 N–H and O–H groups in total. The number of carbonyl (C=O) groups excluding carboxylic acids is 1. The van der Waals surface area contributed by atoms with Crippen LogP contribution in [0.5, 0.6) is 0 Å². The van der Waals surface area contributed by atoms with Crippen LogP contribution >= 0.6 is 0 Å². The Bertz CT molecular complexity index is 571. The lowest BCUT2D eigenvalue weighted by atomic mass is 9.67. The molecule has 0 amide bonds. The van der Waals surface area contributed by atoms with E-state index in [-0.39, 0.29) is 11.4 Å². The zero-order valence-electron chi connectivity index (χ0n) is 19.7. The molecule has 0 aliphatic carbocycles. The monoisotopic (exact) mass is 400 g/mol. The van der Waals surface area contributed by atoms with Crippen LogP contribution in [0, 0.1) is 10.8 Å². The lowest BCUT2D eigenvalue weighted by Gasteiger charge is -2.36. The summed E-state index contributed by atoms with van der Waals surface area (Å²) in [7, 11) is 1.45. The average molecular weight is 401 g/mol. The fourth-order valence-electron chi connectivity index (χ4n) is 2.75. The van der Waals surface area contributed by atoms with Crippen molar-refractivity contribution in [3.8, 4) is 0 Å². The van der Waals surface area contributed by atoms with E-state index in [1.54, 1.807) is 0 Å². The van der Waals surface area contributed by atoms with Crippen LogP contribution in [0.4, 0.5) is 0 Å². The van der Waals surface area contributed by atoms with Gasteiger partial charge in [0.2, 0.25) is 0 Å². The quantitative estimate of drug-likeness (QED) is 0.157. The summed E-state index contributed by atoms with van der Waals surface area (Å²) in [6.45, 7) is 10.1. The molecule has 0 saturated carbocycles. The highest BCUT2D eigenvalue weighted by Gasteiger charge is 2.42. The van der Waals surface area contributed by atoms with Gasteiger partial charge in [0.25, 0.3) is 0 Å². The first-order valence-corrected chi connectivity index (χ1v) is 11.1. The second-order valence-electron chi connectivity index (χ2n) is 8.53. The summed E-state index contributed by atoms with van der Waals surface area (Å²) in [5, 5.41) is 0. The van der Waals surface area contributed by atoms with Gasteiger partial charge in [0.15, 0.2) is 0 Å². The first-order chi connectivity index (χ1) is 13.8. The Hall–Kier alpha value is -1.83. The molecule has 0 fully saturated rings. The maximum atomic E-state index is 12.0. The van der Waals surface area contributed by atoms with Crippen molar-refractivity contribution in [3.63, 3.8) is 0 Å². The van der Waals surface area contributed by atoms with Gasteiger partial charge in [-0.3, -0.25) is 4.79 Å². The summed E-state index contributed by atoms with van der Waals surface area (Å²) in [4.78, 5) is 12.0. The van der Waals surface area contributed by atoms with Crippen LogP contribution in [0.25, 0.3) is 0 Å². The number of rotatable bonds is 15. The Balaban J connectivity index is 3.89. The number of methoxy groups -OCH3 is 1. The first-order valence-electron chi connectivity index (χ1n) is 11.1. The van der Waals surface area contributed by atoms with E-state index < -0.39 is 5.41 Å². The van der Waals surface area contributed by atoms with Crippen molar-refractivity contribution < 1.29 is 9.53 Å². The molecule has 0 saturated heterocycles. The van der Waals surface area contributed by atoms with Gasteiger partial charge < -0.3 is 4.74 Å². The lowest BCUT2D eigenvalue weighted by molar-refractivity contribution is -0.155. The van der Waals surface area contributed by atoms with E-state index in [4.69, 9.17) is 4.74 Å². The van der Waals surface area contributed by atoms with Crippen LogP contribution in [0.1, 0.15) is 86.0 Å². The Morgan fingerprint density at radius 1 is 0.655 bits per heavy atom. The molecule has 0 aromatic rings. The number of carbonyl (C=O) groups is 1. The molecular formula is C27H44O2. The summed E-state index contributed by atoms with van der Waals surface area (Å²) in [6, 6.07) is 0. The fraction of sp³-hybridized carbons (Fsp3) is 0.593. The molecule has 164 valence electrons. The van der Waals surface area contributed by atoms with Crippen LogP contribution in [-0.4, -0.2) is 13.1 Å². The largest absolute Gasteiger partial charge is 0.469 e. The predicted molar refractivity (Wildman–Crippen MR) is 128 cm³/mol. The minimum Gasteiger partial charge on any atom is -0.469 e. The molecule has 0 atom stereocenters. The van der Waals surface area contributed by atoms with Gasteiger partial charge in [-0.2, -0.15) is 0 Å². The Labute approximate surface area is 180 Å². The van der Waals surface area contributed by atoms with Gasteiger partial charge >= 0.3 is 5.97 Å². The normalized spacial score (nSPS) is 13.7. The van der Waals surface area contributed by atoms with Crippen molar-refractivity contribution in [2.75, 3.05) is 7.11 Å². The third kappa shape index (κ3) is 12.4. The third-order valence-electron chi connectivity index (χ3n) is 5.58. The average Bonchev–Trinajstić information content (AvgIpc) is 2.69. The maximum Gasteiger partial charge on any atom is 0.312 e. The van der Waals surface area contributed by atoms with Crippen molar-refractivity contribution >= 4 is 5.97 Å². The Kier molecular flexibility index (Phi) is 15.0. The highest BCUT2D eigenvalue weighted by atomic mass is 16.5. The number of ether oxygens (including phenoxy) is 1. The van der Waals surface area contributed by atoms with E-state index >= 15 is 0 Å². The van der Waals surface area contributed by atoms with Gasteiger partial charge in [0.1, 0.15) is 0 Å². The molecule has 2 nitrogen and oxygen atoms in total. The van der Waals surface area contributed by atoms with Gasteiger partial charge in [0, 0.05) is 0 Å². The predicted octanol–water partition coefficient (Wildman–Crippen LogP) is 8.13. The molecule has 0 unspecified atom stereocenters. The van der Waals surface area contributed by atoms with E-state index in [1.165, 1.54) is 7.11 Å². The number of allylic oxidation sites excluding steroid dienone is 10. The van der Waals surface area contributed by atoms with Crippen LogP contribution in [0.2, 0.25) is 0 Å². The highest BCUT2D eigenvalue weighted by Crippen LogP contribution is 2.40. The topological polar surface area (TPSA) is 26.3 Å². The molecule has 2 heteroatoms. The highest BCUT2D eigenvalue weighted by molar-refractivity contribution is 5.77. The van der Waals surface area contributed by atoms with Crippen molar-refractivity contribution in [2.45, 2.75) is 86.0 Å². The molecular weight excluding hydrogens is 356 g/mol. The molecule has 0 bridgehead atoms. The molecule has 0 aromatic carbocycles. The molecule has 0 aliphatic heterocycles. The zero-order valence-corrected chi connectivity index (χ0v) is 19.7. The van der Waals surface area contributed by atoms with Crippen molar-refractivity contribution in [3.05, 3.63) is 60.8 Å². The minimum absolute atomic E-state index is 0.166. The first kappa shape index (κ1) is 27.2. The second kappa shape index (κ2) is 16.0. The van der Waals surface area contributed by atoms with E-state index in [0.29, 0.717) is 0 Å². The van der Waals surface area contributed by atoms with Crippen LogP contribution < -0.4 is 0 Å². The summed E-state index contributed by atoms with van der Waals surface area (Å²) < 4.78 is 4.94. The maximum absolute atomic E-state index is 12.0. The smallest absolute Gasteiger partial charge is 0.312 e. The summed E-state index contributed by atoms with van der Waals surface area (Å²) in [5.41, 5.74) is -0.779. The Morgan fingerprint density at radius 2 is 1.00 bits per heavy atom. The summed E-state index contributed by atoms with van der Waals surface area (Å²) in [5.74, 6) is -0.166. The third-order valence-corrected chi connectivity index (χ3v) is 5.58. The molecule has 0 spiro atoms. The molecule has 0 rings (SSSR count). The van der Waals surface area contributed by atoms with Crippen molar-refractivity contribution in [1.29, 1.82) is 0 Å². The molecule has 29 heavy (non-hydrogen) atoms. The lowest BCUT2D eigenvalue weighted by Crippen LogP contribution is -2.39.